The molecule has 0 N–H and O–H groups in total. The Hall–Kier alpha value is -0.940. The van der Waals surface area contributed by atoms with Crippen molar-refractivity contribution in [3.8, 4) is 0 Å². The van der Waals surface area contributed by atoms with E-state index in [9.17, 15) is 9.59 Å². The molecule has 0 spiro atoms. The molecule has 0 bridgehead atoms. The lowest BCUT2D eigenvalue weighted by Crippen LogP contribution is -2.46. The summed E-state index contributed by atoms with van der Waals surface area (Å²) in [7, 11) is 1.45. The number of carbonyl (C=O) groups excluding carboxylic acids is 2. The van der Waals surface area contributed by atoms with E-state index in [-0.39, 0.29) is 12.2 Å². The number of esters is 1. The first-order chi connectivity index (χ1) is 7.74. The van der Waals surface area contributed by atoms with Crippen molar-refractivity contribution < 1.29 is 23.8 Å². The van der Waals surface area contributed by atoms with Gasteiger partial charge in [0.1, 0.15) is 17.6 Å². The zero-order chi connectivity index (χ0) is 13.2. The van der Waals surface area contributed by atoms with Gasteiger partial charge in [-0.3, -0.25) is 9.59 Å². The summed E-state index contributed by atoms with van der Waals surface area (Å²) in [6.45, 7) is 6.99. The molecule has 0 saturated carbocycles. The number of rotatable bonds is 2. The zero-order valence-electron chi connectivity index (χ0n) is 11.0. The van der Waals surface area contributed by atoms with E-state index in [0.717, 1.165) is 0 Å². The van der Waals surface area contributed by atoms with Crippen LogP contribution in [0.25, 0.3) is 0 Å². The van der Waals surface area contributed by atoms with Gasteiger partial charge >= 0.3 is 5.97 Å². The van der Waals surface area contributed by atoms with Crippen LogP contribution in [0.3, 0.4) is 0 Å². The van der Waals surface area contributed by atoms with Crippen LogP contribution in [0.4, 0.5) is 0 Å². The molecule has 0 amide bonds. The highest BCUT2D eigenvalue weighted by Crippen LogP contribution is 2.26. The van der Waals surface area contributed by atoms with E-state index in [1.54, 1.807) is 27.7 Å². The molecule has 0 aromatic rings. The van der Waals surface area contributed by atoms with Crippen molar-refractivity contribution in [3.05, 3.63) is 0 Å². The van der Waals surface area contributed by atoms with E-state index in [4.69, 9.17) is 14.2 Å². The molecule has 0 radical (unpaired) electrons. The Morgan fingerprint density at radius 2 is 2.00 bits per heavy atom. The molecule has 3 atom stereocenters. The molecule has 1 aliphatic heterocycles. The van der Waals surface area contributed by atoms with Crippen LogP contribution in [0.5, 0.6) is 0 Å². The van der Waals surface area contributed by atoms with Gasteiger partial charge in [0.2, 0.25) is 0 Å². The minimum Gasteiger partial charge on any atom is -0.460 e. The van der Waals surface area contributed by atoms with Gasteiger partial charge in [-0.25, -0.2) is 0 Å². The number of ether oxygens (including phenoxy) is 3. The molecule has 0 aromatic heterocycles. The van der Waals surface area contributed by atoms with Gasteiger partial charge in [0.05, 0.1) is 0 Å². The third kappa shape index (κ3) is 3.78. The van der Waals surface area contributed by atoms with Crippen LogP contribution in [-0.2, 0) is 23.8 Å². The highest BCUT2D eigenvalue weighted by Gasteiger charge is 2.41. The van der Waals surface area contributed by atoms with E-state index < -0.39 is 29.9 Å². The number of hydrogen-bond acceptors (Lipinski definition) is 5. The lowest BCUT2D eigenvalue weighted by molar-refractivity contribution is -0.216. The summed E-state index contributed by atoms with van der Waals surface area (Å²) in [5, 5.41) is 0. The van der Waals surface area contributed by atoms with Crippen LogP contribution in [0.2, 0.25) is 0 Å². The summed E-state index contributed by atoms with van der Waals surface area (Å²) in [4.78, 5) is 23.4. The van der Waals surface area contributed by atoms with Crippen molar-refractivity contribution in [3.63, 3.8) is 0 Å². The van der Waals surface area contributed by atoms with Crippen molar-refractivity contribution >= 4 is 11.8 Å². The summed E-state index contributed by atoms with van der Waals surface area (Å²) in [6, 6.07) is 0. The average Bonchev–Trinajstić information content (AvgIpc) is 2.18. The van der Waals surface area contributed by atoms with Crippen molar-refractivity contribution in [2.45, 2.75) is 52.1 Å². The quantitative estimate of drug-likeness (QED) is 0.685. The van der Waals surface area contributed by atoms with Crippen LogP contribution >= 0.6 is 0 Å². The Balaban J connectivity index is 2.73. The largest absolute Gasteiger partial charge is 0.460 e. The maximum atomic E-state index is 11.9. The first kappa shape index (κ1) is 14.1. The van der Waals surface area contributed by atoms with E-state index in [0.29, 0.717) is 0 Å². The molecular weight excluding hydrogens is 224 g/mol. The predicted molar refractivity (Wildman–Crippen MR) is 60.3 cm³/mol. The molecule has 1 aliphatic rings. The third-order valence-corrected chi connectivity index (χ3v) is 2.48. The molecule has 0 unspecified atom stereocenters. The fraction of sp³-hybridized carbons (Fsp3) is 0.833. The highest BCUT2D eigenvalue weighted by atomic mass is 16.7. The molecule has 1 saturated heterocycles. The van der Waals surface area contributed by atoms with Gasteiger partial charge in [-0.05, 0) is 27.7 Å². The molecule has 1 rings (SSSR count). The maximum absolute atomic E-state index is 11.9. The molecule has 5 heteroatoms. The van der Waals surface area contributed by atoms with Gasteiger partial charge in [0.25, 0.3) is 0 Å². The van der Waals surface area contributed by atoms with Gasteiger partial charge in [-0.15, -0.1) is 0 Å². The van der Waals surface area contributed by atoms with E-state index >= 15 is 0 Å². The maximum Gasteiger partial charge on any atom is 0.315 e. The molecule has 98 valence electrons. The molecule has 1 heterocycles. The standard InChI is InChI=1S/C12H20O5/c1-7-9(13)6-8(11(15-5)16-7)10(14)17-12(2,3)4/h7-8,11H,6H2,1-5H3/t7-,8+,11+/m1/s1. The van der Waals surface area contributed by atoms with Gasteiger partial charge in [0.15, 0.2) is 12.1 Å². The van der Waals surface area contributed by atoms with Crippen molar-refractivity contribution in [1.82, 2.24) is 0 Å². The van der Waals surface area contributed by atoms with Crippen LogP contribution < -0.4 is 0 Å². The van der Waals surface area contributed by atoms with Crippen molar-refractivity contribution in [1.29, 1.82) is 0 Å². The Morgan fingerprint density at radius 1 is 1.41 bits per heavy atom. The monoisotopic (exact) mass is 244 g/mol. The molecule has 17 heavy (non-hydrogen) atoms. The van der Waals surface area contributed by atoms with Crippen molar-refractivity contribution in [2.24, 2.45) is 5.92 Å². The normalized spacial score (nSPS) is 30.2. The third-order valence-electron chi connectivity index (χ3n) is 2.48. The number of hydrogen-bond donors (Lipinski definition) is 0. The lowest BCUT2D eigenvalue weighted by atomic mass is 9.96. The second-order valence-corrected chi connectivity index (χ2v) is 5.19. The average molecular weight is 244 g/mol. The molecule has 0 aromatic carbocycles. The Kier molecular flexibility index (Phi) is 4.27. The van der Waals surface area contributed by atoms with Gasteiger partial charge in [0, 0.05) is 13.5 Å². The summed E-state index contributed by atoms with van der Waals surface area (Å²) < 4.78 is 15.6. The van der Waals surface area contributed by atoms with Crippen LogP contribution in [0.1, 0.15) is 34.1 Å². The number of carbonyl (C=O) groups is 2. The SMILES string of the molecule is CO[C@H]1O[C@H](C)C(=O)C[C@H]1C(=O)OC(C)(C)C. The van der Waals surface area contributed by atoms with Gasteiger partial charge in [-0.2, -0.15) is 0 Å². The summed E-state index contributed by atoms with van der Waals surface area (Å²) in [5.74, 6) is -1.23. The van der Waals surface area contributed by atoms with E-state index in [1.165, 1.54) is 7.11 Å². The molecule has 0 aliphatic carbocycles. The fourth-order valence-corrected chi connectivity index (χ4v) is 1.64. The number of ketones is 1. The van der Waals surface area contributed by atoms with Crippen LogP contribution in [0.15, 0.2) is 0 Å². The van der Waals surface area contributed by atoms with Crippen LogP contribution in [-0.4, -0.2) is 36.9 Å². The van der Waals surface area contributed by atoms with Gasteiger partial charge in [-0.1, -0.05) is 0 Å². The minimum absolute atomic E-state index is 0.103. The number of Topliss-reactive ketones (excluding diaryl/α,β-unsaturated/α-hetero) is 1. The first-order valence-electron chi connectivity index (χ1n) is 5.68. The Bertz CT molecular complexity index is 305. The second kappa shape index (κ2) is 5.14. The molecular formula is C12H20O5. The highest BCUT2D eigenvalue weighted by molar-refractivity contribution is 5.88. The molecule has 1 fully saturated rings. The number of methoxy groups -OCH3 is 1. The summed E-state index contributed by atoms with van der Waals surface area (Å²) >= 11 is 0. The second-order valence-electron chi connectivity index (χ2n) is 5.19. The fourth-order valence-electron chi connectivity index (χ4n) is 1.64. The topological polar surface area (TPSA) is 61.8 Å². The lowest BCUT2D eigenvalue weighted by Gasteiger charge is -2.33. The summed E-state index contributed by atoms with van der Waals surface area (Å²) in [5.41, 5.74) is -0.582. The van der Waals surface area contributed by atoms with Gasteiger partial charge < -0.3 is 14.2 Å². The molecule has 5 nitrogen and oxygen atoms in total. The minimum atomic E-state index is -0.711. The smallest absolute Gasteiger partial charge is 0.315 e. The Morgan fingerprint density at radius 3 is 2.47 bits per heavy atom. The Labute approximate surface area is 101 Å². The van der Waals surface area contributed by atoms with E-state index in [1.807, 2.05) is 0 Å². The first-order valence-corrected chi connectivity index (χ1v) is 5.68. The predicted octanol–water partition coefficient (Wildman–Crippen LogP) is 1.29. The zero-order valence-corrected chi connectivity index (χ0v) is 11.0. The van der Waals surface area contributed by atoms with E-state index in [2.05, 4.69) is 0 Å². The summed E-state index contributed by atoms with van der Waals surface area (Å²) in [6.07, 6.45) is -1.13. The van der Waals surface area contributed by atoms with Crippen molar-refractivity contribution in [2.75, 3.05) is 7.11 Å². The van der Waals surface area contributed by atoms with Crippen LogP contribution in [0, 0.1) is 5.92 Å².